The second kappa shape index (κ2) is 9.49. The first-order valence-electron chi connectivity index (χ1n) is 9.88. The molecule has 3 aromatic rings. The summed E-state index contributed by atoms with van der Waals surface area (Å²) in [4.78, 5) is 11.5. The first-order valence-corrected chi connectivity index (χ1v) is 10.9. The van der Waals surface area contributed by atoms with Crippen LogP contribution in [-0.4, -0.2) is 51.4 Å². The average molecular weight is 444 g/mol. The van der Waals surface area contributed by atoms with Crippen LogP contribution in [0, 0.1) is 5.82 Å². The highest BCUT2D eigenvalue weighted by atomic mass is 32.2. The van der Waals surface area contributed by atoms with Gasteiger partial charge in [0, 0.05) is 11.8 Å². The van der Waals surface area contributed by atoms with E-state index in [9.17, 15) is 14.3 Å². The summed E-state index contributed by atoms with van der Waals surface area (Å²) >= 11 is 1.37. The molecule has 162 valence electrons. The Balaban J connectivity index is 1.36. The van der Waals surface area contributed by atoms with E-state index in [1.165, 1.54) is 24.9 Å². The molecule has 1 N–H and O–H groups in total. The SMILES string of the molecule is COC(=O)c1ccc(OCC(O)CSc2nnc(-c3ccccc3F)n2C2CC2)cc1. The Hall–Kier alpha value is -2.91. The molecule has 1 aliphatic carbocycles. The van der Waals surface area contributed by atoms with Gasteiger partial charge in [-0.2, -0.15) is 0 Å². The van der Waals surface area contributed by atoms with Gasteiger partial charge in [0.1, 0.15) is 18.2 Å². The quantitative estimate of drug-likeness (QED) is 0.398. The molecule has 1 heterocycles. The number of aliphatic hydroxyl groups is 1. The van der Waals surface area contributed by atoms with E-state index in [0.717, 1.165) is 12.8 Å². The van der Waals surface area contributed by atoms with Crippen molar-refractivity contribution >= 4 is 17.7 Å². The maximum absolute atomic E-state index is 14.2. The van der Waals surface area contributed by atoms with Crippen molar-refractivity contribution < 1.29 is 23.8 Å². The molecule has 1 aromatic heterocycles. The van der Waals surface area contributed by atoms with Crippen molar-refractivity contribution in [3.63, 3.8) is 0 Å². The molecule has 1 unspecified atom stereocenters. The Morgan fingerprint density at radius 1 is 1.23 bits per heavy atom. The summed E-state index contributed by atoms with van der Waals surface area (Å²) in [6.45, 7) is 0.0856. The number of hydrogen-bond acceptors (Lipinski definition) is 7. The van der Waals surface area contributed by atoms with Crippen LogP contribution in [0.5, 0.6) is 5.75 Å². The van der Waals surface area contributed by atoms with E-state index in [0.29, 0.717) is 33.6 Å². The number of esters is 1. The van der Waals surface area contributed by atoms with Gasteiger partial charge < -0.3 is 14.6 Å². The number of ether oxygens (including phenoxy) is 2. The van der Waals surface area contributed by atoms with Crippen molar-refractivity contribution in [1.29, 1.82) is 0 Å². The largest absolute Gasteiger partial charge is 0.491 e. The Labute approximate surface area is 183 Å². The van der Waals surface area contributed by atoms with Crippen molar-refractivity contribution in [3.05, 3.63) is 59.9 Å². The van der Waals surface area contributed by atoms with Crippen LogP contribution in [0.15, 0.2) is 53.7 Å². The molecule has 0 bridgehead atoms. The lowest BCUT2D eigenvalue weighted by molar-refractivity contribution is 0.0600. The van der Waals surface area contributed by atoms with E-state index in [2.05, 4.69) is 14.9 Å². The second-order valence-corrected chi connectivity index (χ2v) is 8.17. The Kier molecular flexibility index (Phi) is 6.53. The Morgan fingerprint density at radius 3 is 2.65 bits per heavy atom. The number of halogens is 1. The molecule has 2 aromatic carbocycles. The molecule has 7 nitrogen and oxygen atoms in total. The molecule has 0 aliphatic heterocycles. The van der Waals surface area contributed by atoms with Crippen LogP contribution in [-0.2, 0) is 4.74 Å². The minimum Gasteiger partial charge on any atom is -0.491 e. The molecule has 0 saturated heterocycles. The predicted molar refractivity (Wildman–Crippen MR) is 114 cm³/mol. The van der Waals surface area contributed by atoms with E-state index >= 15 is 0 Å². The number of rotatable bonds is 9. The van der Waals surface area contributed by atoms with E-state index in [1.807, 2.05) is 4.57 Å². The van der Waals surface area contributed by atoms with Crippen molar-refractivity contribution in [2.24, 2.45) is 0 Å². The van der Waals surface area contributed by atoms with Crippen LogP contribution in [0.2, 0.25) is 0 Å². The minimum absolute atomic E-state index is 0.0856. The average Bonchev–Trinajstić information content (AvgIpc) is 3.55. The first-order chi connectivity index (χ1) is 15.1. The number of hydrogen-bond donors (Lipinski definition) is 1. The molecular weight excluding hydrogens is 421 g/mol. The van der Waals surface area contributed by atoms with Gasteiger partial charge in [-0.1, -0.05) is 23.9 Å². The van der Waals surface area contributed by atoms with Crippen LogP contribution in [0.1, 0.15) is 29.2 Å². The predicted octanol–water partition coefficient (Wildman–Crippen LogP) is 3.74. The molecule has 0 spiro atoms. The van der Waals surface area contributed by atoms with Gasteiger partial charge in [0.15, 0.2) is 11.0 Å². The normalized spacial score (nSPS) is 14.3. The van der Waals surface area contributed by atoms with Gasteiger partial charge in [-0.05, 0) is 49.2 Å². The van der Waals surface area contributed by atoms with Crippen molar-refractivity contribution in [3.8, 4) is 17.1 Å². The highest BCUT2D eigenvalue weighted by Gasteiger charge is 2.31. The van der Waals surface area contributed by atoms with Crippen LogP contribution < -0.4 is 4.74 Å². The number of carbonyl (C=O) groups excluding carboxylic acids is 1. The summed E-state index contributed by atoms with van der Waals surface area (Å²) in [5, 5.41) is 19.4. The molecule has 1 aliphatic rings. The smallest absolute Gasteiger partial charge is 0.337 e. The summed E-state index contributed by atoms with van der Waals surface area (Å²) in [5.74, 6) is 0.652. The Bertz CT molecular complexity index is 1050. The summed E-state index contributed by atoms with van der Waals surface area (Å²) < 4.78 is 26.5. The molecule has 1 saturated carbocycles. The summed E-state index contributed by atoms with van der Waals surface area (Å²) in [6.07, 6.45) is 1.26. The zero-order valence-corrected chi connectivity index (χ0v) is 17.7. The number of benzene rings is 2. The lowest BCUT2D eigenvalue weighted by Gasteiger charge is -2.13. The summed E-state index contributed by atoms with van der Waals surface area (Å²) in [5.41, 5.74) is 0.851. The van der Waals surface area contributed by atoms with Crippen LogP contribution >= 0.6 is 11.8 Å². The summed E-state index contributed by atoms with van der Waals surface area (Å²) in [6, 6.07) is 13.3. The molecule has 4 rings (SSSR count). The van der Waals surface area contributed by atoms with E-state index in [4.69, 9.17) is 4.74 Å². The fourth-order valence-electron chi connectivity index (χ4n) is 3.08. The van der Waals surface area contributed by atoms with Gasteiger partial charge >= 0.3 is 5.97 Å². The van der Waals surface area contributed by atoms with Crippen LogP contribution in [0.25, 0.3) is 11.4 Å². The molecular formula is C22H22FN3O4S. The third-order valence-electron chi connectivity index (χ3n) is 4.81. The van der Waals surface area contributed by atoms with Crippen molar-refractivity contribution in [2.45, 2.75) is 30.1 Å². The zero-order valence-electron chi connectivity index (χ0n) is 16.9. The monoisotopic (exact) mass is 443 g/mol. The fraction of sp³-hybridized carbons (Fsp3) is 0.318. The maximum atomic E-state index is 14.2. The van der Waals surface area contributed by atoms with Gasteiger partial charge in [-0.3, -0.25) is 4.57 Å². The highest BCUT2D eigenvalue weighted by molar-refractivity contribution is 7.99. The van der Waals surface area contributed by atoms with Gasteiger partial charge in [0.2, 0.25) is 0 Å². The molecule has 31 heavy (non-hydrogen) atoms. The molecule has 0 amide bonds. The minimum atomic E-state index is -0.744. The molecule has 9 heteroatoms. The third kappa shape index (κ3) is 5.05. The number of aromatic nitrogens is 3. The van der Waals surface area contributed by atoms with Crippen molar-refractivity contribution in [1.82, 2.24) is 14.8 Å². The van der Waals surface area contributed by atoms with Crippen molar-refractivity contribution in [2.75, 3.05) is 19.5 Å². The van der Waals surface area contributed by atoms with Gasteiger partial charge in [-0.15, -0.1) is 10.2 Å². The van der Waals surface area contributed by atoms with E-state index in [-0.39, 0.29) is 18.5 Å². The first kappa shape index (κ1) is 21.3. The molecule has 0 radical (unpaired) electrons. The molecule has 1 fully saturated rings. The standard InChI is InChI=1S/C22H22FN3O4S/c1-29-21(28)14-6-10-17(11-7-14)30-12-16(27)13-31-22-25-24-20(26(22)15-8-9-15)18-4-2-3-5-19(18)23/h2-7,10-11,15-16,27H,8-9,12-13H2,1H3. The second-order valence-electron chi connectivity index (χ2n) is 7.18. The lowest BCUT2D eigenvalue weighted by atomic mass is 10.2. The number of nitrogens with zero attached hydrogens (tertiary/aromatic N) is 3. The highest BCUT2D eigenvalue weighted by Crippen LogP contribution is 2.41. The number of methoxy groups -OCH3 is 1. The van der Waals surface area contributed by atoms with E-state index in [1.54, 1.807) is 42.5 Å². The zero-order chi connectivity index (χ0) is 21.8. The van der Waals surface area contributed by atoms with Gasteiger partial charge in [0.05, 0.1) is 24.3 Å². The third-order valence-corrected chi connectivity index (χ3v) is 5.90. The topological polar surface area (TPSA) is 86.5 Å². The van der Waals surface area contributed by atoms with Crippen LogP contribution in [0.4, 0.5) is 4.39 Å². The number of carbonyl (C=O) groups is 1. The fourth-order valence-corrected chi connectivity index (χ4v) is 3.99. The lowest BCUT2D eigenvalue weighted by Crippen LogP contribution is -2.20. The van der Waals surface area contributed by atoms with Gasteiger partial charge in [0.25, 0.3) is 0 Å². The number of aliphatic hydroxyl groups excluding tert-OH is 1. The maximum Gasteiger partial charge on any atom is 0.337 e. The Morgan fingerprint density at radius 2 is 1.97 bits per heavy atom. The van der Waals surface area contributed by atoms with Crippen LogP contribution in [0.3, 0.4) is 0 Å². The van der Waals surface area contributed by atoms with Gasteiger partial charge in [-0.25, -0.2) is 9.18 Å². The van der Waals surface area contributed by atoms with E-state index < -0.39 is 12.1 Å². The summed E-state index contributed by atoms with van der Waals surface area (Å²) in [7, 11) is 1.32. The molecule has 1 atom stereocenters. The number of thioether (sulfide) groups is 1.